The molecule has 1 unspecified atom stereocenters. The molecule has 0 saturated heterocycles. The summed E-state index contributed by atoms with van der Waals surface area (Å²) in [5.74, 6) is -0.577. The average molecular weight is 422 g/mol. The minimum Gasteiger partial charge on any atom is -0.449 e. The summed E-state index contributed by atoms with van der Waals surface area (Å²) in [7, 11) is 0. The molecule has 0 fully saturated rings. The average Bonchev–Trinajstić information content (AvgIpc) is 3.09. The van der Waals surface area contributed by atoms with Crippen molar-refractivity contribution in [1.29, 1.82) is 0 Å². The number of hydrogen-bond donors (Lipinski definition) is 0. The number of halogens is 3. The first-order valence-corrected chi connectivity index (χ1v) is 9.38. The van der Waals surface area contributed by atoms with Gasteiger partial charge in [-0.1, -0.05) is 48.5 Å². The molecule has 1 atom stereocenters. The van der Waals surface area contributed by atoms with Crippen molar-refractivity contribution >= 4 is 16.9 Å². The van der Waals surface area contributed by atoms with Gasteiger partial charge in [0.25, 0.3) is 0 Å². The fraction of sp³-hybridized carbons (Fsp3) is 0.0833. The number of para-hydroxylation sites is 1. The Hall–Kier alpha value is -3.87. The van der Waals surface area contributed by atoms with Gasteiger partial charge in [-0.15, -0.1) is 0 Å². The number of hydrogen-bond acceptors (Lipinski definition) is 4. The molecule has 1 aliphatic rings. The molecule has 0 radical (unpaired) electrons. The SMILES string of the molecule is O=C1OC(c2c(-c3ccc(C(F)(F)F)cc3)c3ccccc3oc2=O)c2ccccc21. The van der Waals surface area contributed by atoms with E-state index in [1.807, 2.05) is 0 Å². The smallest absolute Gasteiger partial charge is 0.416 e. The second-order valence-electron chi connectivity index (χ2n) is 7.12. The van der Waals surface area contributed by atoms with Crippen LogP contribution < -0.4 is 5.63 Å². The molecule has 154 valence electrons. The van der Waals surface area contributed by atoms with Crippen LogP contribution in [0, 0.1) is 0 Å². The van der Waals surface area contributed by atoms with Crippen LogP contribution in [-0.4, -0.2) is 5.97 Å². The van der Waals surface area contributed by atoms with Crippen LogP contribution in [0.25, 0.3) is 22.1 Å². The van der Waals surface area contributed by atoms with E-state index in [1.54, 1.807) is 48.5 Å². The monoisotopic (exact) mass is 422 g/mol. The molecule has 0 amide bonds. The van der Waals surface area contributed by atoms with Gasteiger partial charge in [-0.25, -0.2) is 9.59 Å². The van der Waals surface area contributed by atoms with Crippen LogP contribution in [0.4, 0.5) is 13.2 Å². The van der Waals surface area contributed by atoms with Crippen molar-refractivity contribution in [1.82, 2.24) is 0 Å². The van der Waals surface area contributed by atoms with Gasteiger partial charge >= 0.3 is 17.8 Å². The Labute approximate surface area is 173 Å². The third kappa shape index (κ3) is 3.09. The highest BCUT2D eigenvalue weighted by atomic mass is 19.4. The first kappa shape index (κ1) is 19.1. The molecule has 4 nitrogen and oxygen atoms in total. The summed E-state index contributed by atoms with van der Waals surface area (Å²) >= 11 is 0. The molecule has 1 aliphatic heterocycles. The van der Waals surface area contributed by atoms with E-state index in [-0.39, 0.29) is 11.1 Å². The Kier molecular flexibility index (Phi) is 4.22. The van der Waals surface area contributed by atoms with Crippen LogP contribution in [0.2, 0.25) is 0 Å². The van der Waals surface area contributed by atoms with E-state index in [9.17, 15) is 22.8 Å². The fourth-order valence-corrected chi connectivity index (χ4v) is 3.90. The van der Waals surface area contributed by atoms with Gasteiger partial charge in [-0.2, -0.15) is 13.2 Å². The zero-order chi connectivity index (χ0) is 21.8. The molecule has 4 aromatic rings. The Balaban J connectivity index is 1.80. The van der Waals surface area contributed by atoms with Gasteiger partial charge in [-0.05, 0) is 29.8 Å². The van der Waals surface area contributed by atoms with Crippen molar-refractivity contribution in [3.63, 3.8) is 0 Å². The Morgan fingerprint density at radius 1 is 0.806 bits per heavy atom. The Morgan fingerprint density at radius 3 is 2.23 bits per heavy atom. The summed E-state index contributed by atoms with van der Waals surface area (Å²) in [6, 6.07) is 17.9. The normalized spacial score (nSPS) is 15.7. The lowest BCUT2D eigenvalue weighted by Gasteiger charge is -2.17. The van der Waals surface area contributed by atoms with E-state index in [1.165, 1.54) is 12.1 Å². The highest BCUT2D eigenvalue weighted by Crippen LogP contribution is 2.42. The maximum atomic E-state index is 13.1. The predicted molar refractivity (Wildman–Crippen MR) is 107 cm³/mol. The van der Waals surface area contributed by atoms with Crippen molar-refractivity contribution in [2.75, 3.05) is 0 Å². The van der Waals surface area contributed by atoms with E-state index in [2.05, 4.69) is 0 Å². The maximum Gasteiger partial charge on any atom is 0.416 e. The largest absolute Gasteiger partial charge is 0.449 e. The molecule has 2 heterocycles. The minimum atomic E-state index is -4.49. The summed E-state index contributed by atoms with van der Waals surface area (Å²) in [6.45, 7) is 0. The third-order valence-corrected chi connectivity index (χ3v) is 5.30. The molecule has 0 saturated carbocycles. The van der Waals surface area contributed by atoms with Crippen molar-refractivity contribution in [3.8, 4) is 11.1 Å². The van der Waals surface area contributed by atoms with Gasteiger partial charge in [-0.3, -0.25) is 0 Å². The highest BCUT2D eigenvalue weighted by molar-refractivity contribution is 5.98. The first-order valence-electron chi connectivity index (χ1n) is 9.38. The molecule has 5 rings (SSSR count). The second-order valence-corrected chi connectivity index (χ2v) is 7.12. The second kappa shape index (κ2) is 6.84. The molecule has 0 spiro atoms. The van der Waals surface area contributed by atoms with Crippen LogP contribution in [0.5, 0.6) is 0 Å². The number of alkyl halides is 3. The summed E-state index contributed by atoms with van der Waals surface area (Å²) < 4.78 is 50.1. The third-order valence-electron chi connectivity index (χ3n) is 5.30. The van der Waals surface area contributed by atoms with E-state index >= 15 is 0 Å². The lowest BCUT2D eigenvalue weighted by molar-refractivity contribution is -0.137. The lowest BCUT2D eigenvalue weighted by Crippen LogP contribution is -2.16. The van der Waals surface area contributed by atoms with Gasteiger partial charge in [0.1, 0.15) is 5.58 Å². The van der Waals surface area contributed by atoms with Crippen molar-refractivity contribution in [3.05, 3.63) is 105 Å². The van der Waals surface area contributed by atoms with Gasteiger partial charge in [0.2, 0.25) is 0 Å². The van der Waals surface area contributed by atoms with Crippen LogP contribution in [0.1, 0.15) is 33.2 Å². The Morgan fingerprint density at radius 2 is 1.48 bits per heavy atom. The molecule has 0 aliphatic carbocycles. The number of cyclic esters (lactones) is 1. The molecule has 0 bridgehead atoms. The minimum absolute atomic E-state index is 0.0664. The number of ether oxygens (including phenoxy) is 1. The Bertz CT molecular complexity index is 1380. The molecular formula is C24H13F3O4. The van der Waals surface area contributed by atoms with Crippen molar-refractivity contribution in [2.45, 2.75) is 12.3 Å². The number of esters is 1. The molecule has 31 heavy (non-hydrogen) atoms. The first-order chi connectivity index (χ1) is 14.8. The number of carbonyl (C=O) groups excluding carboxylic acids is 1. The van der Waals surface area contributed by atoms with Gasteiger partial charge in [0.05, 0.1) is 16.7 Å². The summed E-state index contributed by atoms with van der Waals surface area (Å²) in [5.41, 5.74) is 0.413. The summed E-state index contributed by atoms with van der Waals surface area (Å²) in [4.78, 5) is 25.4. The topological polar surface area (TPSA) is 56.5 Å². The van der Waals surface area contributed by atoms with E-state index < -0.39 is 29.4 Å². The standard InChI is InChI=1S/C24H13F3O4/c25-24(26,27)14-11-9-13(10-12-14)19-17-7-3-4-8-18(17)30-23(29)20(19)21-15-5-1-2-6-16(15)22(28)31-21/h1-12,21H. The van der Waals surface area contributed by atoms with E-state index in [4.69, 9.17) is 9.15 Å². The predicted octanol–water partition coefficient (Wildman–Crippen LogP) is 5.74. The van der Waals surface area contributed by atoms with Crippen LogP contribution >= 0.6 is 0 Å². The van der Waals surface area contributed by atoms with Crippen molar-refractivity contribution in [2.24, 2.45) is 0 Å². The van der Waals surface area contributed by atoms with E-state index in [0.29, 0.717) is 27.6 Å². The molecule has 7 heteroatoms. The molecule has 1 aromatic heterocycles. The summed E-state index contributed by atoms with van der Waals surface area (Å²) in [5, 5.41) is 0.525. The quantitative estimate of drug-likeness (QED) is 0.305. The van der Waals surface area contributed by atoms with E-state index in [0.717, 1.165) is 12.1 Å². The summed E-state index contributed by atoms with van der Waals surface area (Å²) in [6.07, 6.45) is -5.51. The molecule has 3 aromatic carbocycles. The van der Waals surface area contributed by atoms with Crippen LogP contribution in [-0.2, 0) is 10.9 Å². The lowest BCUT2D eigenvalue weighted by atomic mass is 9.90. The number of rotatable bonds is 2. The van der Waals surface area contributed by atoms with Gasteiger partial charge in [0.15, 0.2) is 6.10 Å². The number of benzene rings is 3. The fourth-order valence-electron chi connectivity index (χ4n) is 3.90. The number of fused-ring (bicyclic) bond motifs is 2. The zero-order valence-electron chi connectivity index (χ0n) is 15.8. The van der Waals surface area contributed by atoms with Crippen LogP contribution in [0.15, 0.2) is 82.0 Å². The van der Waals surface area contributed by atoms with Crippen LogP contribution in [0.3, 0.4) is 0 Å². The molecular weight excluding hydrogens is 409 g/mol. The van der Waals surface area contributed by atoms with Crippen molar-refractivity contribution < 1.29 is 27.1 Å². The van der Waals surface area contributed by atoms with Gasteiger partial charge < -0.3 is 9.15 Å². The van der Waals surface area contributed by atoms with Gasteiger partial charge in [0, 0.05) is 16.5 Å². The number of carbonyl (C=O) groups is 1. The highest BCUT2D eigenvalue weighted by Gasteiger charge is 2.37. The molecule has 0 N–H and O–H groups in total. The zero-order valence-corrected chi connectivity index (χ0v) is 15.8. The maximum absolute atomic E-state index is 13.1.